The molecule has 0 saturated heterocycles. The highest BCUT2D eigenvalue weighted by molar-refractivity contribution is 5.80. The van der Waals surface area contributed by atoms with E-state index in [1.807, 2.05) is 6.92 Å². The van der Waals surface area contributed by atoms with Gasteiger partial charge in [-0.15, -0.1) is 0 Å². The molecule has 4 fully saturated rings. The van der Waals surface area contributed by atoms with Crippen molar-refractivity contribution in [3.05, 3.63) is 0 Å². The van der Waals surface area contributed by atoms with E-state index in [4.69, 9.17) is 5.26 Å². The highest BCUT2D eigenvalue weighted by Crippen LogP contribution is 2.56. The third-order valence-electron chi connectivity index (χ3n) is 5.71. The molecule has 3 heteroatoms. The van der Waals surface area contributed by atoms with Crippen LogP contribution >= 0.6 is 0 Å². The molecule has 4 rings (SSSR count). The topological polar surface area (TPSA) is 52.9 Å². The number of hydrogen-bond acceptors (Lipinski definition) is 2. The monoisotopic (exact) mass is 260 g/mol. The second-order valence-electron chi connectivity index (χ2n) is 6.93. The lowest BCUT2D eigenvalue weighted by Gasteiger charge is -2.53. The number of nitriles is 1. The van der Waals surface area contributed by atoms with Gasteiger partial charge in [-0.1, -0.05) is 6.92 Å². The SMILES string of the molecule is CCC(CC#N)NC(=O)C1C2CC3CC(C2)CC1C3. The van der Waals surface area contributed by atoms with Crippen LogP contribution in [0.2, 0.25) is 0 Å². The third kappa shape index (κ3) is 2.38. The molecule has 4 aliphatic rings. The zero-order chi connectivity index (χ0) is 13.4. The van der Waals surface area contributed by atoms with E-state index in [2.05, 4.69) is 11.4 Å². The first-order valence-corrected chi connectivity index (χ1v) is 7.88. The van der Waals surface area contributed by atoms with Crippen molar-refractivity contribution in [2.75, 3.05) is 0 Å². The van der Waals surface area contributed by atoms with Crippen LogP contribution in [0.5, 0.6) is 0 Å². The lowest BCUT2D eigenvalue weighted by molar-refractivity contribution is -0.138. The van der Waals surface area contributed by atoms with Crippen molar-refractivity contribution >= 4 is 5.91 Å². The average molecular weight is 260 g/mol. The Morgan fingerprint density at radius 1 is 1.21 bits per heavy atom. The number of carbonyl (C=O) groups is 1. The van der Waals surface area contributed by atoms with Crippen molar-refractivity contribution in [1.82, 2.24) is 5.32 Å². The Morgan fingerprint density at radius 2 is 1.79 bits per heavy atom. The normalized spacial score (nSPS) is 40.7. The standard InChI is InChI=1S/C16H24N2O/c1-2-14(3-4-17)18-16(19)15-12-6-10-5-11(8-12)9-13(15)7-10/h10-15H,2-3,5-9H2,1H3,(H,18,19). The molecular formula is C16H24N2O. The van der Waals surface area contributed by atoms with E-state index >= 15 is 0 Å². The Morgan fingerprint density at radius 3 is 2.26 bits per heavy atom. The molecule has 104 valence electrons. The first-order valence-electron chi connectivity index (χ1n) is 7.88. The van der Waals surface area contributed by atoms with Gasteiger partial charge in [0.2, 0.25) is 5.91 Å². The van der Waals surface area contributed by atoms with Crippen LogP contribution in [0, 0.1) is 40.9 Å². The van der Waals surface area contributed by atoms with Crippen molar-refractivity contribution in [2.45, 2.75) is 57.9 Å². The molecule has 0 heterocycles. The van der Waals surface area contributed by atoms with E-state index in [9.17, 15) is 4.79 Å². The predicted molar refractivity (Wildman–Crippen MR) is 73.0 cm³/mol. The van der Waals surface area contributed by atoms with Gasteiger partial charge in [0.1, 0.15) is 0 Å². The quantitative estimate of drug-likeness (QED) is 0.845. The zero-order valence-electron chi connectivity index (χ0n) is 11.8. The van der Waals surface area contributed by atoms with Crippen LogP contribution in [0.3, 0.4) is 0 Å². The van der Waals surface area contributed by atoms with Crippen molar-refractivity contribution in [1.29, 1.82) is 5.26 Å². The molecule has 0 radical (unpaired) electrons. The highest BCUT2D eigenvalue weighted by Gasteiger charge is 2.50. The minimum Gasteiger partial charge on any atom is -0.352 e. The van der Waals surface area contributed by atoms with Crippen LogP contribution in [0.4, 0.5) is 0 Å². The van der Waals surface area contributed by atoms with Crippen LogP contribution in [-0.4, -0.2) is 11.9 Å². The fourth-order valence-electron chi connectivity index (χ4n) is 5.06. The van der Waals surface area contributed by atoms with E-state index in [1.165, 1.54) is 32.1 Å². The van der Waals surface area contributed by atoms with E-state index in [0.29, 0.717) is 18.3 Å². The van der Waals surface area contributed by atoms with Gasteiger partial charge in [0.25, 0.3) is 0 Å². The van der Waals surface area contributed by atoms with Crippen molar-refractivity contribution in [2.24, 2.45) is 29.6 Å². The predicted octanol–water partition coefficient (Wildman–Crippen LogP) is 2.87. The van der Waals surface area contributed by atoms with Crippen molar-refractivity contribution in [3.63, 3.8) is 0 Å². The second-order valence-corrected chi connectivity index (χ2v) is 6.93. The van der Waals surface area contributed by atoms with E-state index in [1.54, 1.807) is 0 Å². The maximum absolute atomic E-state index is 12.6. The lowest BCUT2D eigenvalue weighted by Crippen LogP contribution is -2.52. The lowest BCUT2D eigenvalue weighted by atomic mass is 9.51. The summed E-state index contributed by atoms with van der Waals surface area (Å²) in [5.74, 6) is 3.59. The van der Waals surface area contributed by atoms with Gasteiger partial charge < -0.3 is 5.32 Å². The summed E-state index contributed by atoms with van der Waals surface area (Å²) in [5.41, 5.74) is 0. The van der Waals surface area contributed by atoms with E-state index in [-0.39, 0.29) is 17.9 Å². The summed E-state index contributed by atoms with van der Waals surface area (Å²) in [5, 5.41) is 11.9. The molecule has 1 amide bonds. The number of carbonyl (C=O) groups excluding carboxylic acids is 1. The molecule has 0 aliphatic heterocycles. The molecule has 4 aliphatic carbocycles. The van der Waals surface area contributed by atoms with Crippen molar-refractivity contribution < 1.29 is 4.79 Å². The molecule has 4 bridgehead atoms. The first kappa shape index (κ1) is 13.0. The van der Waals surface area contributed by atoms with Crippen LogP contribution in [0.15, 0.2) is 0 Å². The van der Waals surface area contributed by atoms with E-state index in [0.717, 1.165) is 18.3 Å². The molecule has 0 aromatic heterocycles. The first-order chi connectivity index (χ1) is 9.21. The summed E-state index contributed by atoms with van der Waals surface area (Å²) in [4.78, 5) is 12.6. The number of hydrogen-bond donors (Lipinski definition) is 1. The Balaban J connectivity index is 1.65. The molecule has 3 nitrogen and oxygen atoms in total. The summed E-state index contributed by atoms with van der Waals surface area (Å²) in [7, 11) is 0. The third-order valence-corrected chi connectivity index (χ3v) is 5.71. The van der Waals surface area contributed by atoms with Crippen LogP contribution < -0.4 is 5.32 Å². The molecule has 0 aromatic rings. The molecule has 1 atom stereocenters. The summed E-state index contributed by atoms with van der Waals surface area (Å²) in [6, 6.07) is 2.23. The number of rotatable bonds is 4. The maximum atomic E-state index is 12.6. The molecule has 1 unspecified atom stereocenters. The van der Waals surface area contributed by atoms with Gasteiger partial charge in [-0.25, -0.2) is 0 Å². The maximum Gasteiger partial charge on any atom is 0.223 e. The summed E-state index contributed by atoms with van der Waals surface area (Å²) in [6.45, 7) is 2.04. The summed E-state index contributed by atoms with van der Waals surface area (Å²) < 4.78 is 0. The van der Waals surface area contributed by atoms with Crippen molar-refractivity contribution in [3.8, 4) is 6.07 Å². The van der Waals surface area contributed by atoms with Gasteiger partial charge in [0.05, 0.1) is 12.5 Å². The average Bonchev–Trinajstić information content (AvgIpc) is 2.36. The minimum absolute atomic E-state index is 0.0506. The Kier molecular flexibility index (Phi) is 3.52. The van der Waals surface area contributed by atoms with Crippen LogP contribution in [0.25, 0.3) is 0 Å². The number of amides is 1. The molecule has 4 saturated carbocycles. The zero-order valence-corrected chi connectivity index (χ0v) is 11.8. The van der Waals surface area contributed by atoms with Gasteiger partial charge in [0.15, 0.2) is 0 Å². The van der Waals surface area contributed by atoms with Gasteiger partial charge in [0, 0.05) is 12.0 Å². The molecule has 0 spiro atoms. The summed E-state index contributed by atoms with van der Waals surface area (Å²) in [6.07, 6.45) is 7.83. The Labute approximate surface area is 115 Å². The molecule has 0 aromatic carbocycles. The largest absolute Gasteiger partial charge is 0.352 e. The number of nitrogens with one attached hydrogen (secondary N) is 1. The van der Waals surface area contributed by atoms with Crippen LogP contribution in [-0.2, 0) is 4.79 Å². The van der Waals surface area contributed by atoms with Gasteiger partial charge >= 0.3 is 0 Å². The fourth-order valence-corrected chi connectivity index (χ4v) is 5.06. The van der Waals surface area contributed by atoms with Gasteiger partial charge in [-0.2, -0.15) is 5.26 Å². The number of nitrogens with zero attached hydrogens (tertiary/aromatic N) is 1. The molecular weight excluding hydrogens is 236 g/mol. The summed E-state index contributed by atoms with van der Waals surface area (Å²) >= 11 is 0. The Hall–Kier alpha value is -1.04. The minimum atomic E-state index is 0.0506. The highest BCUT2D eigenvalue weighted by atomic mass is 16.2. The Bertz CT molecular complexity index is 370. The fraction of sp³-hybridized carbons (Fsp3) is 0.875. The van der Waals surface area contributed by atoms with E-state index < -0.39 is 0 Å². The smallest absolute Gasteiger partial charge is 0.223 e. The van der Waals surface area contributed by atoms with Gasteiger partial charge in [-0.3, -0.25) is 4.79 Å². The molecule has 1 N–H and O–H groups in total. The van der Waals surface area contributed by atoms with Crippen LogP contribution in [0.1, 0.15) is 51.9 Å². The van der Waals surface area contributed by atoms with Gasteiger partial charge in [-0.05, 0) is 62.2 Å². The second kappa shape index (κ2) is 5.15. The molecule has 19 heavy (non-hydrogen) atoms.